The van der Waals surface area contributed by atoms with Crippen LogP contribution in [0.4, 0.5) is 0 Å². The lowest BCUT2D eigenvalue weighted by atomic mass is 9.79. The molecular weight excluding hydrogens is 198 g/mol. The topological polar surface area (TPSA) is 29.9 Å². The van der Waals surface area contributed by atoms with Gasteiger partial charge < -0.3 is 9.88 Å². The quantitative estimate of drug-likeness (QED) is 0.800. The van der Waals surface area contributed by atoms with Gasteiger partial charge in [-0.15, -0.1) is 0 Å². The molecule has 0 amide bonds. The first-order chi connectivity index (χ1) is 7.86. The van der Waals surface area contributed by atoms with E-state index in [0.29, 0.717) is 6.04 Å². The molecule has 1 aliphatic rings. The lowest BCUT2D eigenvalue weighted by molar-refractivity contribution is 0.220. The van der Waals surface area contributed by atoms with Crippen molar-refractivity contribution in [3.63, 3.8) is 0 Å². The summed E-state index contributed by atoms with van der Waals surface area (Å²) in [6, 6.07) is 0.476. The Morgan fingerprint density at radius 1 is 1.50 bits per heavy atom. The van der Waals surface area contributed by atoms with E-state index < -0.39 is 0 Å². The van der Waals surface area contributed by atoms with Gasteiger partial charge in [-0.1, -0.05) is 13.3 Å². The van der Waals surface area contributed by atoms with Crippen molar-refractivity contribution in [1.82, 2.24) is 14.9 Å². The Hall–Kier alpha value is -0.830. The van der Waals surface area contributed by atoms with Crippen molar-refractivity contribution >= 4 is 0 Å². The molecule has 2 rings (SSSR count). The zero-order valence-corrected chi connectivity index (χ0v) is 10.4. The molecule has 90 valence electrons. The Kier molecular flexibility index (Phi) is 3.99. The smallest absolute Gasteiger partial charge is 0.126 e. The van der Waals surface area contributed by atoms with Crippen LogP contribution in [0.25, 0.3) is 0 Å². The molecule has 0 saturated heterocycles. The molecule has 0 aromatic carbocycles. The van der Waals surface area contributed by atoms with Gasteiger partial charge >= 0.3 is 0 Å². The van der Waals surface area contributed by atoms with Crippen molar-refractivity contribution in [2.24, 2.45) is 5.92 Å². The first-order valence-corrected chi connectivity index (χ1v) is 6.61. The third kappa shape index (κ3) is 2.29. The van der Waals surface area contributed by atoms with Crippen LogP contribution in [0, 0.1) is 5.92 Å². The van der Waals surface area contributed by atoms with Crippen LogP contribution >= 0.6 is 0 Å². The van der Waals surface area contributed by atoms with Crippen molar-refractivity contribution in [3.8, 4) is 0 Å². The van der Waals surface area contributed by atoms with Crippen LogP contribution in [-0.4, -0.2) is 16.1 Å². The number of aromatic nitrogens is 2. The van der Waals surface area contributed by atoms with E-state index in [1.807, 2.05) is 6.20 Å². The summed E-state index contributed by atoms with van der Waals surface area (Å²) < 4.78 is 2.27. The van der Waals surface area contributed by atoms with Crippen molar-refractivity contribution < 1.29 is 0 Å². The Labute approximate surface area is 98.3 Å². The molecule has 0 bridgehead atoms. The van der Waals surface area contributed by atoms with Gasteiger partial charge in [0, 0.05) is 18.9 Å². The van der Waals surface area contributed by atoms with E-state index in [4.69, 9.17) is 0 Å². The van der Waals surface area contributed by atoms with Crippen LogP contribution in [0.15, 0.2) is 12.4 Å². The van der Waals surface area contributed by atoms with Gasteiger partial charge in [0.25, 0.3) is 0 Å². The zero-order chi connectivity index (χ0) is 11.4. The zero-order valence-electron chi connectivity index (χ0n) is 10.4. The molecule has 1 N–H and O–H groups in total. The maximum atomic E-state index is 4.54. The van der Waals surface area contributed by atoms with Crippen molar-refractivity contribution in [1.29, 1.82) is 0 Å². The summed E-state index contributed by atoms with van der Waals surface area (Å²) in [6.45, 7) is 6.52. The van der Waals surface area contributed by atoms with E-state index in [1.165, 1.54) is 31.5 Å². The van der Waals surface area contributed by atoms with E-state index in [2.05, 4.69) is 34.9 Å². The van der Waals surface area contributed by atoms with Gasteiger partial charge in [-0.2, -0.15) is 0 Å². The Morgan fingerprint density at radius 2 is 2.31 bits per heavy atom. The summed E-state index contributed by atoms with van der Waals surface area (Å²) in [5, 5.41) is 3.67. The van der Waals surface area contributed by atoms with E-state index in [9.17, 15) is 0 Å². The molecule has 0 spiro atoms. The molecule has 1 fully saturated rings. The second-order valence-corrected chi connectivity index (χ2v) is 4.69. The second kappa shape index (κ2) is 5.48. The lowest BCUT2D eigenvalue weighted by Crippen LogP contribution is -2.34. The predicted molar refractivity (Wildman–Crippen MR) is 66.3 cm³/mol. The Balaban J connectivity index is 2.10. The molecule has 1 aromatic rings. The van der Waals surface area contributed by atoms with Crippen LogP contribution in [0.5, 0.6) is 0 Å². The molecule has 0 radical (unpaired) electrons. The van der Waals surface area contributed by atoms with Gasteiger partial charge in [0.1, 0.15) is 5.82 Å². The number of imidazole rings is 1. The highest BCUT2D eigenvalue weighted by molar-refractivity contribution is 5.03. The molecule has 16 heavy (non-hydrogen) atoms. The van der Waals surface area contributed by atoms with Gasteiger partial charge in [0.2, 0.25) is 0 Å². The minimum atomic E-state index is 0.476. The van der Waals surface area contributed by atoms with Crippen LogP contribution in [0.3, 0.4) is 0 Å². The third-order valence-corrected chi connectivity index (χ3v) is 3.60. The van der Waals surface area contributed by atoms with Gasteiger partial charge in [-0.25, -0.2) is 4.98 Å². The normalized spacial score (nSPS) is 18.4. The van der Waals surface area contributed by atoms with Crippen LogP contribution in [-0.2, 0) is 6.54 Å². The van der Waals surface area contributed by atoms with E-state index in [-0.39, 0.29) is 0 Å². The van der Waals surface area contributed by atoms with Gasteiger partial charge in [0.15, 0.2) is 0 Å². The largest absolute Gasteiger partial charge is 0.334 e. The van der Waals surface area contributed by atoms with Crippen molar-refractivity contribution in [2.45, 2.75) is 52.1 Å². The number of nitrogens with zero attached hydrogens (tertiary/aromatic N) is 2. The molecular formula is C13H23N3. The summed E-state index contributed by atoms with van der Waals surface area (Å²) in [4.78, 5) is 4.54. The monoisotopic (exact) mass is 221 g/mol. The number of aryl methyl sites for hydroxylation is 1. The van der Waals surface area contributed by atoms with Gasteiger partial charge in [-0.3, -0.25) is 0 Å². The predicted octanol–water partition coefficient (Wildman–Crippen LogP) is 2.74. The van der Waals surface area contributed by atoms with Crippen molar-refractivity contribution in [3.05, 3.63) is 18.2 Å². The molecule has 0 aliphatic heterocycles. The summed E-state index contributed by atoms with van der Waals surface area (Å²) in [5.74, 6) is 2.04. The second-order valence-electron chi connectivity index (χ2n) is 4.69. The van der Waals surface area contributed by atoms with Crippen LogP contribution in [0.1, 0.15) is 51.4 Å². The average Bonchev–Trinajstić information content (AvgIpc) is 2.69. The number of rotatable bonds is 6. The van der Waals surface area contributed by atoms with Crippen molar-refractivity contribution in [2.75, 3.05) is 6.54 Å². The Morgan fingerprint density at radius 3 is 2.88 bits per heavy atom. The molecule has 3 nitrogen and oxygen atoms in total. The minimum absolute atomic E-state index is 0.476. The molecule has 1 unspecified atom stereocenters. The summed E-state index contributed by atoms with van der Waals surface area (Å²) in [7, 11) is 0. The maximum absolute atomic E-state index is 4.54. The molecule has 3 heteroatoms. The first-order valence-electron chi connectivity index (χ1n) is 6.61. The fourth-order valence-corrected chi connectivity index (χ4v) is 2.41. The molecule has 1 heterocycles. The lowest BCUT2D eigenvalue weighted by Gasteiger charge is -2.34. The Bertz CT molecular complexity index is 315. The maximum Gasteiger partial charge on any atom is 0.126 e. The number of hydrogen-bond acceptors (Lipinski definition) is 2. The number of nitrogens with one attached hydrogen (secondary N) is 1. The van der Waals surface area contributed by atoms with E-state index >= 15 is 0 Å². The summed E-state index contributed by atoms with van der Waals surface area (Å²) in [5.41, 5.74) is 0. The van der Waals surface area contributed by atoms with Gasteiger partial charge in [0.05, 0.1) is 6.04 Å². The van der Waals surface area contributed by atoms with Crippen LogP contribution in [0.2, 0.25) is 0 Å². The average molecular weight is 221 g/mol. The standard InChI is InChI=1S/C13H23N3/c1-3-8-14-12(11-6-5-7-11)13-15-9-10-16(13)4-2/h9-12,14H,3-8H2,1-2H3. The first kappa shape index (κ1) is 11.6. The fourth-order valence-electron chi connectivity index (χ4n) is 2.41. The molecule has 1 aliphatic carbocycles. The third-order valence-electron chi connectivity index (χ3n) is 3.60. The van der Waals surface area contributed by atoms with Gasteiger partial charge in [-0.05, 0) is 38.6 Å². The summed E-state index contributed by atoms with van der Waals surface area (Å²) in [6.07, 6.45) is 9.32. The molecule has 1 saturated carbocycles. The fraction of sp³-hybridized carbons (Fsp3) is 0.769. The molecule has 1 atom stereocenters. The van der Waals surface area contributed by atoms with E-state index in [1.54, 1.807) is 0 Å². The molecule has 1 aromatic heterocycles. The minimum Gasteiger partial charge on any atom is -0.334 e. The summed E-state index contributed by atoms with van der Waals surface area (Å²) >= 11 is 0. The number of hydrogen-bond donors (Lipinski definition) is 1. The van der Waals surface area contributed by atoms with E-state index in [0.717, 1.165) is 19.0 Å². The SMILES string of the molecule is CCCNC(c1nccn1CC)C1CCC1. The highest BCUT2D eigenvalue weighted by Gasteiger charge is 2.30. The highest BCUT2D eigenvalue weighted by Crippen LogP contribution is 2.37. The highest BCUT2D eigenvalue weighted by atomic mass is 15.1. The van der Waals surface area contributed by atoms with Crippen LogP contribution < -0.4 is 5.32 Å².